The van der Waals surface area contributed by atoms with Gasteiger partial charge in [0, 0.05) is 25.4 Å². The highest BCUT2D eigenvalue weighted by atomic mass is 32.2. The number of sulfone groups is 1. The summed E-state index contributed by atoms with van der Waals surface area (Å²) in [5.41, 5.74) is -0.0329. The van der Waals surface area contributed by atoms with E-state index in [0.717, 1.165) is 69.8 Å². The van der Waals surface area contributed by atoms with Gasteiger partial charge in [0.05, 0.1) is 11.4 Å². The van der Waals surface area contributed by atoms with Gasteiger partial charge < -0.3 is 26.2 Å². The van der Waals surface area contributed by atoms with Crippen LogP contribution >= 0.6 is 0 Å². The van der Waals surface area contributed by atoms with Gasteiger partial charge >= 0.3 is 6.03 Å². The van der Waals surface area contributed by atoms with Crippen LogP contribution < -0.4 is 21.3 Å². The summed E-state index contributed by atoms with van der Waals surface area (Å²) in [6, 6.07) is 4.72. The number of urea groups is 1. The van der Waals surface area contributed by atoms with Crippen molar-refractivity contribution in [2.45, 2.75) is 128 Å². The van der Waals surface area contributed by atoms with Gasteiger partial charge in [-0.15, -0.1) is 6.58 Å². The number of fused-ring (bicyclic) bond motifs is 1. The second-order valence-corrected chi connectivity index (χ2v) is 18.7. The van der Waals surface area contributed by atoms with Crippen molar-refractivity contribution in [2.75, 3.05) is 25.9 Å². The average Bonchev–Trinajstić information content (AvgIpc) is 3.71. The molecule has 3 fully saturated rings. The van der Waals surface area contributed by atoms with Crippen molar-refractivity contribution < 1.29 is 32.4 Å². The summed E-state index contributed by atoms with van der Waals surface area (Å²) in [6.45, 7) is 11.8. The number of aryl methyl sites for hydroxylation is 1. The van der Waals surface area contributed by atoms with E-state index in [-0.39, 0.29) is 35.7 Å². The second kappa shape index (κ2) is 18.1. The SMILES string of the molecule is C=CCNC(=O)C(=O)CNC(=O)[C@@H]1[C@H]2CCC[C@H]2CN1C(=O)[C@@H](NC(=O)N[C@H](CCCCc1ccccc1S(C)(=O)=O)C(C)(C)C)C1(C)CCCCC1. The lowest BCUT2D eigenvalue weighted by atomic mass is 9.70. The maximum absolute atomic E-state index is 14.7. The fourth-order valence-electron chi connectivity index (χ4n) is 8.62. The van der Waals surface area contributed by atoms with Crippen LogP contribution in [0, 0.1) is 22.7 Å². The molecule has 53 heavy (non-hydrogen) atoms. The first-order chi connectivity index (χ1) is 25.0. The summed E-state index contributed by atoms with van der Waals surface area (Å²) in [7, 11) is -3.34. The van der Waals surface area contributed by atoms with Gasteiger partial charge in [-0.25, -0.2) is 13.2 Å². The normalized spacial score (nSPS) is 22.2. The summed E-state index contributed by atoms with van der Waals surface area (Å²) in [4.78, 5) is 68.9. The molecule has 0 unspecified atom stereocenters. The van der Waals surface area contributed by atoms with Gasteiger partial charge in [-0.1, -0.05) is 84.1 Å². The smallest absolute Gasteiger partial charge is 0.315 e. The fourth-order valence-corrected chi connectivity index (χ4v) is 9.59. The summed E-state index contributed by atoms with van der Waals surface area (Å²) in [5, 5.41) is 11.3. The molecular weight excluding hydrogens is 695 g/mol. The number of benzene rings is 1. The van der Waals surface area contributed by atoms with E-state index in [9.17, 15) is 32.4 Å². The van der Waals surface area contributed by atoms with Crippen molar-refractivity contribution in [1.29, 1.82) is 0 Å². The number of hydrogen-bond acceptors (Lipinski definition) is 7. The highest BCUT2D eigenvalue weighted by Gasteiger charge is 2.53. The molecule has 5 atom stereocenters. The molecule has 1 aromatic rings. The van der Waals surface area contributed by atoms with Gasteiger partial charge in [-0.3, -0.25) is 19.2 Å². The Kier molecular flexibility index (Phi) is 14.3. The number of rotatable bonds is 16. The largest absolute Gasteiger partial charge is 0.347 e. The van der Waals surface area contributed by atoms with Gasteiger partial charge in [0.15, 0.2) is 9.84 Å². The van der Waals surface area contributed by atoms with E-state index in [2.05, 4.69) is 55.5 Å². The van der Waals surface area contributed by atoms with Crippen LogP contribution in [-0.2, 0) is 35.4 Å². The molecule has 4 rings (SSSR count). The molecule has 294 valence electrons. The summed E-state index contributed by atoms with van der Waals surface area (Å²) in [5.74, 6) is -2.25. The van der Waals surface area contributed by atoms with Crippen molar-refractivity contribution in [2.24, 2.45) is 22.7 Å². The molecule has 1 saturated heterocycles. The molecule has 13 heteroatoms. The molecule has 1 heterocycles. The Morgan fingerprint density at radius 1 is 0.981 bits per heavy atom. The van der Waals surface area contributed by atoms with Crippen molar-refractivity contribution in [1.82, 2.24) is 26.2 Å². The Hall–Kier alpha value is -3.74. The van der Waals surface area contributed by atoms with Crippen molar-refractivity contribution in [3.63, 3.8) is 0 Å². The first-order valence-electron chi connectivity index (χ1n) is 19.3. The molecule has 0 radical (unpaired) electrons. The van der Waals surface area contributed by atoms with Crippen LogP contribution in [0.3, 0.4) is 0 Å². The number of carbonyl (C=O) groups is 5. The molecule has 5 amide bonds. The molecule has 3 aliphatic rings. The molecule has 0 aromatic heterocycles. The zero-order chi connectivity index (χ0) is 39.0. The van der Waals surface area contributed by atoms with E-state index in [1.165, 1.54) is 12.3 Å². The van der Waals surface area contributed by atoms with Crippen LogP contribution in [0.2, 0.25) is 0 Å². The van der Waals surface area contributed by atoms with Crippen molar-refractivity contribution >= 4 is 39.4 Å². The number of likely N-dealkylation sites (tertiary alicyclic amines) is 1. The highest BCUT2D eigenvalue weighted by molar-refractivity contribution is 7.90. The average molecular weight is 756 g/mol. The molecule has 1 aliphatic heterocycles. The van der Waals surface area contributed by atoms with E-state index in [1.807, 2.05) is 12.1 Å². The molecular formula is C40H61N5O7S. The van der Waals surface area contributed by atoms with Crippen LogP contribution in [0.1, 0.15) is 104 Å². The fraction of sp³-hybridized carbons (Fsp3) is 0.675. The van der Waals surface area contributed by atoms with E-state index in [1.54, 1.807) is 17.0 Å². The Morgan fingerprint density at radius 3 is 2.34 bits per heavy atom. The maximum atomic E-state index is 14.7. The minimum absolute atomic E-state index is 0.0630. The van der Waals surface area contributed by atoms with Crippen LogP contribution in [0.4, 0.5) is 4.79 Å². The summed E-state index contributed by atoms with van der Waals surface area (Å²) >= 11 is 0. The number of carbonyl (C=O) groups excluding carboxylic acids is 5. The number of nitrogens with zero attached hydrogens (tertiary/aromatic N) is 1. The molecule has 2 saturated carbocycles. The summed E-state index contributed by atoms with van der Waals surface area (Å²) < 4.78 is 24.6. The second-order valence-electron chi connectivity index (χ2n) is 16.7. The molecule has 2 aliphatic carbocycles. The van der Waals surface area contributed by atoms with Gasteiger partial charge in [-0.2, -0.15) is 0 Å². The maximum Gasteiger partial charge on any atom is 0.315 e. The first kappa shape index (κ1) is 42.0. The van der Waals surface area contributed by atoms with E-state index in [0.29, 0.717) is 24.3 Å². The number of Topliss-reactive ketones (excluding diaryl/α,β-unsaturated/α-hetero) is 1. The van der Waals surface area contributed by atoms with Crippen molar-refractivity contribution in [3.8, 4) is 0 Å². The zero-order valence-electron chi connectivity index (χ0n) is 32.3. The van der Waals surface area contributed by atoms with E-state index in [4.69, 9.17) is 0 Å². The van der Waals surface area contributed by atoms with E-state index >= 15 is 0 Å². The number of amides is 5. The Bertz CT molecular complexity index is 1610. The topological polar surface area (TPSA) is 171 Å². The third-order valence-corrected chi connectivity index (χ3v) is 12.8. The third-order valence-electron chi connectivity index (χ3n) is 11.7. The van der Waals surface area contributed by atoms with Gasteiger partial charge in [0.25, 0.3) is 5.91 Å². The van der Waals surface area contributed by atoms with Gasteiger partial charge in [0.2, 0.25) is 17.6 Å². The number of unbranched alkanes of at least 4 members (excludes halogenated alkanes) is 1. The van der Waals surface area contributed by atoms with Gasteiger partial charge in [0.1, 0.15) is 12.1 Å². The molecule has 4 N–H and O–H groups in total. The Morgan fingerprint density at radius 2 is 1.68 bits per heavy atom. The summed E-state index contributed by atoms with van der Waals surface area (Å²) in [6.07, 6.45) is 12.5. The minimum Gasteiger partial charge on any atom is -0.347 e. The van der Waals surface area contributed by atoms with E-state index < -0.39 is 57.5 Å². The molecule has 0 bridgehead atoms. The Labute approximate surface area is 316 Å². The minimum atomic E-state index is -3.34. The van der Waals surface area contributed by atoms with Crippen LogP contribution in [0.25, 0.3) is 0 Å². The lowest BCUT2D eigenvalue weighted by molar-refractivity contribution is -0.144. The monoisotopic (exact) mass is 755 g/mol. The number of nitrogens with one attached hydrogen (secondary N) is 4. The molecule has 0 spiro atoms. The quantitative estimate of drug-likeness (QED) is 0.110. The highest BCUT2D eigenvalue weighted by Crippen LogP contribution is 2.45. The molecule has 1 aromatic carbocycles. The predicted molar refractivity (Wildman–Crippen MR) is 205 cm³/mol. The number of hydrogen-bond donors (Lipinski definition) is 4. The standard InChI is InChI=1S/C40H61N5O7S/c1-7-24-41-35(47)30(46)25-42-36(48)33-29-19-15-18-28(29)26-45(33)37(49)34(40(5)22-13-8-14-23-40)44-38(50)43-32(39(2,3)4)21-12-10-17-27-16-9-11-20-31(27)53(6,51)52/h7,9,11,16,20,28-29,32-34H,1,8,10,12-15,17-19,21-26H2,2-6H3,(H,41,47)(H,42,48)(H2,43,44,50)/t28-,29-,32+,33-,34+/m0/s1. The van der Waals surface area contributed by atoms with Crippen molar-refractivity contribution in [3.05, 3.63) is 42.5 Å². The first-order valence-corrected chi connectivity index (χ1v) is 21.2. The van der Waals surface area contributed by atoms with Crippen LogP contribution in [-0.4, -0.2) is 86.9 Å². The number of ketones is 1. The lowest BCUT2D eigenvalue weighted by Crippen LogP contribution is -2.62. The third kappa shape index (κ3) is 10.9. The van der Waals surface area contributed by atoms with Crippen LogP contribution in [0.15, 0.2) is 41.8 Å². The molecule has 12 nitrogen and oxygen atoms in total. The van der Waals surface area contributed by atoms with Gasteiger partial charge in [-0.05, 0) is 79.2 Å². The Balaban J connectivity index is 1.47. The zero-order valence-corrected chi connectivity index (χ0v) is 33.1. The predicted octanol–water partition coefficient (Wildman–Crippen LogP) is 4.47. The lowest BCUT2D eigenvalue weighted by Gasteiger charge is -2.43. The van der Waals surface area contributed by atoms with Crippen LogP contribution in [0.5, 0.6) is 0 Å².